The van der Waals surface area contributed by atoms with Crippen LogP contribution in [0.1, 0.15) is 26.3 Å². The molecule has 1 amide bonds. The second-order valence-electron chi connectivity index (χ2n) is 6.86. The van der Waals surface area contributed by atoms with Gasteiger partial charge in [-0.2, -0.15) is 17.0 Å². The van der Waals surface area contributed by atoms with Crippen molar-refractivity contribution in [1.82, 2.24) is 13.5 Å². The Balaban J connectivity index is 1.79. The third kappa shape index (κ3) is 4.36. The lowest BCUT2D eigenvalue weighted by Gasteiger charge is -2.35. The molecular formula is C20H22FN3O4S. The molecule has 9 heteroatoms. The third-order valence-electron chi connectivity index (χ3n) is 4.82. The summed E-state index contributed by atoms with van der Waals surface area (Å²) in [6.07, 6.45) is 0. The van der Waals surface area contributed by atoms with Crippen molar-refractivity contribution in [3.8, 4) is 0 Å². The summed E-state index contributed by atoms with van der Waals surface area (Å²) in [5, 5.41) is 0. The van der Waals surface area contributed by atoms with E-state index in [1.165, 1.54) is 42.7 Å². The normalized spacial score (nSPS) is 15.5. The Hall–Kier alpha value is -2.62. The summed E-state index contributed by atoms with van der Waals surface area (Å²) in [5.74, 6) is -1.16. The van der Waals surface area contributed by atoms with Gasteiger partial charge < -0.3 is 4.90 Å². The van der Waals surface area contributed by atoms with Crippen molar-refractivity contribution >= 4 is 21.9 Å². The fourth-order valence-corrected chi connectivity index (χ4v) is 4.23. The van der Waals surface area contributed by atoms with Gasteiger partial charge in [0.05, 0.1) is 5.56 Å². The van der Waals surface area contributed by atoms with Crippen molar-refractivity contribution in [2.24, 2.45) is 0 Å². The van der Waals surface area contributed by atoms with Crippen molar-refractivity contribution in [2.75, 3.05) is 40.3 Å². The van der Waals surface area contributed by atoms with Crippen LogP contribution < -0.4 is 0 Å². The van der Waals surface area contributed by atoms with Gasteiger partial charge in [0.25, 0.3) is 16.1 Å². The highest BCUT2D eigenvalue weighted by molar-refractivity contribution is 7.86. The summed E-state index contributed by atoms with van der Waals surface area (Å²) >= 11 is 0. The molecule has 0 bridgehead atoms. The smallest absolute Gasteiger partial charge is 0.281 e. The molecule has 1 heterocycles. The molecule has 1 fully saturated rings. The molecule has 7 nitrogen and oxygen atoms in total. The van der Waals surface area contributed by atoms with Crippen LogP contribution in [0.15, 0.2) is 48.5 Å². The van der Waals surface area contributed by atoms with E-state index >= 15 is 0 Å². The highest BCUT2D eigenvalue weighted by Crippen LogP contribution is 2.19. The minimum Gasteiger partial charge on any atom is -0.336 e. The van der Waals surface area contributed by atoms with E-state index < -0.39 is 16.0 Å². The van der Waals surface area contributed by atoms with E-state index in [4.69, 9.17) is 0 Å². The van der Waals surface area contributed by atoms with Crippen LogP contribution in [-0.2, 0) is 10.2 Å². The highest BCUT2D eigenvalue weighted by Gasteiger charge is 2.31. The lowest BCUT2D eigenvalue weighted by atomic mass is 9.97. The number of ketones is 1. The molecule has 2 aromatic carbocycles. The number of carbonyl (C=O) groups excluding carboxylic acids is 2. The number of hydrogen-bond acceptors (Lipinski definition) is 4. The van der Waals surface area contributed by atoms with Gasteiger partial charge in [-0.25, -0.2) is 4.39 Å². The number of amides is 1. The summed E-state index contributed by atoms with van der Waals surface area (Å²) in [6, 6.07) is 11.6. The lowest BCUT2D eigenvalue weighted by Crippen LogP contribution is -2.53. The summed E-state index contributed by atoms with van der Waals surface area (Å²) in [7, 11) is -0.606. The van der Waals surface area contributed by atoms with E-state index in [1.807, 2.05) is 0 Å². The van der Waals surface area contributed by atoms with Gasteiger partial charge in [-0.05, 0) is 30.3 Å². The molecule has 3 rings (SSSR count). The number of halogens is 1. The third-order valence-corrected chi connectivity index (χ3v) is 6.76. The molecule has 0 saturated carbocycles. The van der Waals surface area contributed by atoms with Crippen LogP contribution in [0.4, 0.5) is 4.39 Å². The molecule has 1 aliphatic heterocycles. The molecule has 1 aliphatic rings. The van der Waals surface area contributed by atoms with Gasteiger partial charge in [0.2, 0.25) is 0 Å². The predicted octanol–water partition coefficient (Wildman–Crippen LogP) is 1.62. The monoisotopic (exact) mass is 419 g/mol. The van der Waals surface area contributed by atoms with Crippen LogP contribution in [0.25, 0.3) is 0 Å². The molecule has 0 radical (unpaired) electrons. The van der Waals surface area contributed by atoms with Crippen LogP contribution in [0, 0.1) is 5.82 Å². The number of rotatable bonds is 5. The number of benzene rings is 2. The van der Waals surface area contributed by atoms with Crippen molar-refractivity contribution in [2.45, 2.75) is 0 Å². The van der Waals surface area contributed by atoms with E-state index in [1.54, 1.807) is 29.2 Å². The Kier molecular flexibility index (Phi) is 6.11. The second-order valence-corrected chi connectivity index (χ2v) is 9.01. The Morgan fingerprint density at radius 3 is 2.00 bits per heavy atom. The Morgan fingerprint density at radius 2 is 1.45 bits per heavy atom. The minimum atomic E-state index is -3.53. The van der Waals surface area contributed by atoms with E-state index in [0.717, 1.165) is 4.31 Å². The van der Waals surface area contributed by atoms with Gasteiger partial charge in [0, 0.05) is 51.4 Å². The maximum atomic E-state index is 13.1. The molecule has 0 aromatic heterocycles. The molecule has 0 aliphatic carbocycles. The fourth-order valence-electron chi connectivity index (χ4n) is 3.15. The van der Waals surface area contributed by atoms with Crippen LogP contribution in [0.2, 0.25) is 0 Å². The van der Waals surface area contributed by atoms with Crippen molar-refractivity contribution in [3.63, 3.8) is 0 Å². The zero-order chi connectivity index (χ0) is 21.2. The number of hydrogen-bond donors (Lipinski definition) is 0. The maximum Gasteiger partial charge on any atom is 0.281 e. The van der Waals surface area contributed by atoms with Crippen LogP contribution in [0.5, 0.6) is 0 Å². The summed E-state index contributed by atoms with van der Waals surface area (Å²) in [5.41, 5.74) is 0.756. The molecular weight excluding hydrogens is 397 g/mol. The van der Waals surface area contributed by atoms with Gasteiger partial charge in [0.1, 0.15) is 5.82 Å². The largest absolute Gasteiger partial charge is 0.336 e. The van der Waals surface area contributed by atoms with E-state index in [-0.39, 0.29) is 54.6 Å². The zero-order valence-electron chi connectivity index (χ0n) is 16.2. The van der Waals surface area contributed by atoms with Crippen molar-refractivity contribution in [1.29, 1.82) is 0 Å². The number of piperazine rings is 1. The Labute approximate surface area is 169 Å². The van der Waals surface area contributed by atoms with Gasteiger partial charge in [-0.15, -0.1) is 0 Å². The number of carbonyl (C=O) groups is 2. The maximum absolute atomic E-state index is 13.1. The van der Waals surface area contributed by atoms with Crippen molar-refractivity contribution < 1.29 is 22.4 Å². The first-order chi connectivity index (χ1) is 13.7. The van der Waals surface area contributed by atoms with E-state index in [2.05, 4.69) is 0 Å². The minimum absolute atomic E-state index is 0.181. The lowest BCUT2D eigenvalue weighted by molar-refractivity contribution is 0.0692. The molecule has 154 valence electrons. The number of nitrogens with zero attached hydrogens (tertiary/aromatic N) is 3. The second kappa shape index (κ2) is 8.40. The van der Waals surface area contributed by atoms with E-state index in [9.17, 15) is 22.4 Å². The van der Waals surface area contributed by atoms with Gasteiger partial charge in [0.15, 0.2) is 5.78 Å². The predicted molar refractivity (Wildman–Crippen MR) is 106 cm³/mol. The van der Waals surface area contributed by atoms with E-state index in [0.29, 0.717) is 0 Å². The summed E-state index contributed by atoms with van der Waals surface area (Å²) < 4.78 is 40.1. The first kappa shape index (κ1) is 21.1. The Bertz CT molecular complexity index is 1010. The summed E-state index contributed by atoms with van der Waals surface area (Å²) in [4.78, 5) is 27.4. The summed E-state index contributed by atoms with van der Waals surface area (Å²) in [6.45, 7) is 0.816. The molecule has 0 spiro atoms. The average molecular weight is 419 g/mol. The fraction of sp³-hybridized carbons (Fsp3) is 0.300. The van der Waals surface area contributed by atoms with Gasteiger partial charge in [-0.1, -0.05) is 18.2 Å². The first-order valence-electron chi connectivity index (χ1n) is 9.08. The van der Waals surface area contributed by atoms with Crippen molar-refractivity contribution in [3.05, 3.63) is 71.0 Å². The van der Waals surface area contributed by atoms with Crippen LogP contribution >= 0.6 is 0 Å². The van der Waals surface area contributed by atoms with Crippen LogP contribution in [-0.4, -0.2) is 73.9 Å². The molecule has 0 atom stereocenters. The van der Waals surface area contributed by atoms with Gasteiger partial charge >= 0.3 is 0 Å². The molecule has 0 unspecified atom stereocenters. The quantitative estimate of drug-likeness (QED) is 0.690. The molecule has 2 aromatic rings. The zero-order valence-corrected chi connectivity index (χ0v) is 17.0. The standard InChI is InChI=1S/C20H22FN3O4S/c1-22(2)29(27,28)24-13-11-23(12-14-24)20(26)18-6-4-3-5-17(18)19(25)15-7-9-16(21)10-8-15/h3-10H,11-14H2,1-2H3. The molecule has 0 N–H and O–H groups in total. The average Bonchev–Trinajstić information content (AvgIpc) is 2.73. The highest BCUT2D eigenvalue weighted by atomic mass is 32.2. The topological polar surface area (TPSA) is 78.0 Å². The first-order valence-corrected chi connectivity index (χ1v) is 10.5. The SMILES string of the molecule is CN(C)S(=O)(=O)N1CCN(C(=O)c2ccccc2C(=O)c2ccc(F)cc2)CC1. The van der Waals surface area contributed by atoms with Crippen LogP contribution in [0.3, 0.4) is 0 Å². The molecule has 29 heavy (non-hydrogen) atoms. The molecule has 1 saturated heterocycles. The van der Waals surface area contributed by atoms with Gasteiger partial charge in [-0.3, -0.25) is 9.59 Å². The Morgan fingerprint density at radius 1 is 0.897 bits per heavy atom.